The molecule has 2 aliphatic rings. The second-order valence-electron chi connectivity index (χ2n) is 10.9. The molecule has 2 N–H and O–H groups in total. The number of ether oxygens (including phenoxy) is 1. The van der Waals surface area contributed by atoms with E-state index in [1.165, 1.54) is 0 Å². The third-order valence-corrected chi connectivity index (χ3v) is 8.77. The summed E-state index contributed by atoms with van der Waals surface area (Å²) >= 11 is 13.3. The Balaban J connectivity index is 1.21. The van der Waals surface area contributed by atoms with Gasteiger partial charge in [-0.1, -0.05) is 58.7 Å². The van der Waals surface area contributed by atoms with Crippen LogP contribution in [0.1, 0.15) is 82.3 Å². The van der Waals surface area contributed by atoms with E-state index in [2.05, 4.69) is 5.16 Å². The van der Waals surface area contributed by atoms with Crippen molar-refractivity contribution in [1.29, 1.82) is 0 Å². The largest absolute Gasteiger partial charge is 0.489 e. The van der Waals surface area contributed by atoms with Crippen LogP contribution in [0.5, 0.6) is 5.75 Å². The van der Waals surface area contributed by atoms with E-state index in [1.54, 1.807) is 24.3 Å². The predicted molar refractivity (Wildman–Crippen MR) is 153 cm³/mol. The molecular formula is C32H29Cl2NO5. The number of carboxylic acid groups (broad SMARTS) is 1. The van der Waals surface area contributed by atoms with Gasteiger partial charge in [0.2, 0.25) is 0 Å². The molecule has 40 heavy (non-hydrogen) atoms. The lowest BCUT2D eigenvalue weighted by atomic mass is 9.89. The summed E-state index contributed by atoms with van der Waals surface area (Å²) in [5.41, 5.74) is 4.14. The molecule has 8 heteroatoms. The summed E-state index contributed by atoms with van der Waals surface area (Å²) in [6.07, 6.45) is 3.84. The van der Waals surface area contributed by atoms with Crippen molar-refractivity contribution >= 4 is 29.2 Å². The molecule has 3 aromatic carbocycles. The number of nitrogens with zero attached hydrogens (tertiary/aromatic N) is 1. The Bertz CT molecular complexity index is 1570. The molecule has 2 unspecified atom stereocenters. The van der Waals surface area contributed by atoms with Crippen molar-refractivity contribution in [2.24, 2.45) is 0 Å². The first-order valence-electron chi connectivity index (χ1n) is 13.5. The summed E-state index contributed by atoms with van der Waals surface area (Å²) in [7, 11) is 0. The average Bonchev–Trinajstić information content (AvgIpc) is 3.57. The van der Waals surface area contributed by atoms with Gasteiger partial charge in [-0.05, 0) is 86.4 Å². The number of hydrogen-bond acceptors (Lipinski definition) is 5. The van der Waals surface area contributed by atoms with Crippen LogP contribution < -0.4 is 4.74 Å². The van der Waals surface area contributed by atoms with Gasteiger partial charge >= 0.3 is 5.97 Å². The number of rotatable bonds is 8. The molecule has 0 saturated heterocycles. The van der Waals surface area contributed by atoms with Gasteiger partial charge in [0, 0.05) is 17.0 Å². The molecule has 2 atom stereocenters. The monoisotopic (exact) mass is 577 g/mol. The van der Waals surface area contributed by atoms with Gasteiger partial charge in [-0.3, -0.25) is 0 Å². The highest BCUT2D eigenvalue weighted by Crippen LogP contribution is 2.49. The second kappa shape index (κ2) is 10.6. The molecule has 0 aliphatic heterocycles. The number of carboxylic acids is 1. The minimum absolute atomic E-state index is 0.0393. The zero-order valence-corrected chi connectivity index (χ0v) is 23.5. The Hall–Kier alpha value is -3.32. The van der Waals surface area contributed by atoms with E-state index in [0.717, 1.165) is 47.3 Å². The van der Waals surface area contributed by atoms with Crippen molar-refractivity contribution in [3.63, 3.8) is 0 Å². The minimum atomic E-state index is -1.11. The Morgan fingerprint density at radius 3 is 2.58 bits per heavy atom. The predicted octanol–water partition coefficient (Wildman–Crippen LogP) is 8.27. The molecular weight excluding hydrogens is 549 g/mol. The molecule has 1 aromatic heterocycles. The van der Waals surface area contributed by atoms with E-state index >= 15 is 0 Å². The number of aryl methyl sites for hydroxylation is 1. The lowest BCUT2D eigenvalue weighted by Gasteiger charge is -2.25. The molecule has 2 aliphatic carbocycles. The minimum Gasteiger partial charge on any atom is -0.489 e. The van der Waals surface area contributed by atoms with E-state index < -0.39 is 11.6 Å². The fraction of sp³-hybridized carbons (Fsp3) is 0.312. The summed E-state index contributed by atoms with van der Waals surface area (Å²) in [6, 6.07) is 18.1. The number of aromatic nitrogens is 1. The van der Waals surface area contributed by atoms with Crippen molar-refractivity contribution in [3.05, 3.63) is 104 Å². The molecule has 6 rings (SSSR count). The molecule has 4 aromatic rings. The maximum absolute atomic E-state index is 11.6. The van der Waals surface area contributed by atoms with Gasteiger partial charge in [0.05, 0.1) is 26.8 Å². The van der Waals surface area contributed by atoms with Crippen molar-refractivity contribution in [1.82, 2.24) is 5.16 Å². The van der Waals surface area contributed by atoms with Gasteiger partial charge in [0.15, 0.2) is 0 Å². The summed E-state index contributed by atoms with van der Waals surface area (Å²) in [6.45, 7) is 2.24. The van der Waals surface area contributed by atoms with E-state index in [9.17, 15) is 15.0 Å². The Morgan fingerprint density at radius 1 is 1.05 bits per heavy atom. The van der Waals surface area contributed by atoms with Gasteiger partial charge in [0.1, 0.15) is 23.8 Å². The molecule has 0 radical (unpaired) electrons. The molecule has 1 heterocycles. The number of carbonyl (C=O) groups is 1. The molecule has 6 nitrogen and oxygen atoms in total. The van der Waals surface area contributed by atoms with Gasteiger partial charge in [-0.2, -0.15) is 0 Å². The zero-order valence-electron chi connectivity index (χ0n) is 22.0. The normalized spacial score (nSPS) is 20.6. The topological polar surface area (TPSA) is 92.8 Å². The Labute approximate surface area is 242 Å². The van der Waals surface area contributed by atoms with Crippen molar-refractivity contribution in [2.45, 2.75) is 63.1 Å². The van der Waals surface area contributed by atoms with Crippen LogP contribution in [0.15, 0.2) is 65.2 Å². The van der Waals surface area contributed by atoms with Crippen LogP contribution >= 0.6 is 23.2 Å². The van der Waals surface area contributed by atoms with Crippen LogP contribution in [0.2, 0.25) is 10.0 Å². The van der Waals surface area contributed by atoms with E-state index in [4.69, 9.17) is 32.5 Å². The highest BCUT2D eigenvalue weighted by molar-refractivity contribution is 6.33. The SMILES string of the molecule is Cc1cccc(Cl)c1-c1noc(C2CC2)c1COc1ccc(C2(O)CCC(c3cccc(C(=O)O)c3)C2)c(Cl)c1. The zero-order chi connectivity index (χ0) is 28.0. The number of benzene rings is 3. The van der Waals surface area contributed by atoms with Crippen molar-refractivity contribution in [3.8, 4) is 17.0 Å². The molecule has 0 amide bonds. The van der Waals surface area contributed by atoms with Crippen molar-refractivity contribution < 1.29 is 24.3 Å². The number of hydrogen-bond donors (Lipinski definition) is 2. The third-order valence-electron chi connectivity index (χ3n) is 8.15. The van der Waals surface area contributed by atoms with Gasteiger partial charge < -0.3 is 19.5 Å². The van der Waals surface area contributed by atoms with Crippen LogP contribution in [0, 0.1) is 6.92 Å². The smallest absolute Gasteiger partial charge is 0.335 e. The highest BCUT2D eigenvalue weighted by Gasteiger charge is 2.41. The van der Waals surface area contributed by atoms with Gasteiger partial charge in [-0.15, -0.1) is 0 Å². The average molecular weight is 578 g/mol. The third kappa shape index (κ3) is 5.12. The number of aliphatic hydroxyl groups is 1. The fourth-order valence-electron chi connectivity index (χ4n) is 5.85. The quantitative estimate of drug-likeness (QED) is 0.219. The molecule has 0 spiro atoms. The summed E-state index contributed by atoms with van der Waals surface area (Å²) in [4.78, 5) is 11.4. The first kappa shape index (κ1) is 26.9. The maximum Gasteiger partial charge on any atom is 0.335 e. The lowest BCUT2D eigenvalue weighted by molar-refractivity contribution is 0.0429. The number of halogens is 2. The van der Waals surface area contributed by atoms with Gasteiger partial charge in [-0.25, -0.2) is 4.79 Å². The van der Waals surface area contributed by atoms with Gasteiger partial charge in [0.25, 0.3) is 0 Å². The first-order valence-corrected chi connectivity index (χ1v) is 14.2. The highest BCUT2D eigenvalue weighted by atomic mass is 35.5. The van der Waals surface area contributed by atoms with Crippen LogP contribution in [0.4, 0.5) is 0 Å². The lowest BCUT2D eigenvalue weighted by Crippen LogP contribution is -2.22. The maximum atomic E-state index is 11.6. The van der Waals surface area contributed by atoms with E-state index in [-0.39, 0.29) is 18.1 Å². The molecule has 2 fully saturated rings. The number of aromatic carboxylic acids is 1. The van der Waals surface area contributed by atoms with Crippen LogP contribution in [-0.2, 0) is 12.2 Å². The Morgan fingerprint density at radius 2 is 1.85 bits per heavy atom. The molecule has 206 valence electrons. The molecule has 0 bridgehead atoms. The summed E-state index contributed by atoms with van der Waals surface area (Å²) in [5, 5.41) is 26.3. The van der Waals surface area contributed by atoms with Crippen LogP contribution in [0.25, 0.3) is 11.3 Å². The first-order chi connectivity index (χ1) is 19.2. The van der Waals surface area contributed by atoms with E-state index in [1.807, 2.05) is 43.3 Å². The standard InChI is InChI=1S/C32H29Cl2NO5/c1-18-4-2-7-26(33)28(18)29-24(30(40-35-29)19-8-9-19)17-39-23-10-11-25(27(34)15-23)32(38)13-12-22(16-32)20-5-3-6-21(14-20)31(36)37/h2-7,10-11,14-15,19,22,38H,8-9,12-13,16-17H2,1H3,(H,36,37). The second-order valence-corrected chi connectivity index (χ2v) is 11.7. The molecule has 2 saturated carbocycles. The summed E-state index contributed by atoms with van der Waals surface area (Å²) < 4.78 is 12.0. The summed E-state index contributed by atoms with van der Waals surface area (Å²) in [5.74, 6) is 0.839. The Kier molecular flexibility index (Phi) is 7.11. The van der Waals surface area contributed by atoms with Crippen LogP contribution in [0.3, 0.4) is 0 Å². The van der Waals surface area contributed by atoms with E-state index in [0.29, 0.717) is 45.8 Å². The van der Waals surface area contributed by atoms with Crippen LogP contribution in [-0.4, -0.2) is 21.3 Å². The fourth-order valence-corrected chi connectivity index (χ4v) is 6.51. The van der Waals surface area contributed by atoms with Crippen molar-refractivity contribution in [2.75, 3.05) is 0 Å².